The molecule has 0 aliphatic rings. The second kappa shape index (κ2) is 5.91. The fraction of sp³-hybridized carbons (Fsp3) is 0.250. The first-order chi connectivity index (χ1) is 9.66. The van der Waals surface area contributed by atoms with Crippen molar-refractivity contribution in [2.24, 2.45) is 0 Å². The number of anilines is 1. The van der Waals surface area contributed by atoms with Crippen LogP contribution in [0.2, 0.25) is 0 Å². The highest BCUT2D eigenvalue weighted by Crippen LogP contribution is 2.30. The molecule has 2 N–H and O–H groups in total. The molecule has 0 radical (unpaired) electrons. The summed E-state index contributed by atoms with van der Waals surface area (Å²) in [5, 5.41) is 0. The Kier molecular flexibility index (Phi) is 4.04. The molecule has 8 nitrogen and oxygen atoms in total. The van der Waals surface area contributed by atoms with Gasteiger partial charge < -0.3 is 24.7 Å². The minimum absolute atomic E-state index is 0.00801. The van der Waals surface area contributed by atoms with E-state index in [9.17, 15) is 0 Å². The Bertz CT molecular complexity index is 584. The Morgan fingerprint density at radius 2 is 1.45 bits per heavy atom. The maximum Gasteiger partial charge on any atom is 0.331 e. The van der Waals surface area contributed by atoms with Gasteiger partial charge in [0.1, 0.15) is 5.75 Å². The molecule has 20 heavy (non-hydrogen) atoms. The van der Waals surface area contributed by atoms with Crippen LogP contribution in [0.4, 0.5) is 5.69 Å². The molecule has 1 aromatic carbocycles. The third kappa shape index (κ3) is 2.97. The van der Waals surface area contributed by atoms with Gasteiger partial charge in [0.2, 0.25) is 0 Å². The molecule has 0 bridgehead atoms. The minimum Gasteiger partial charge on any atom is -0.497 e. The van der Waals surface area contributed by atoms with Crippen LogP contribution in [-0.2, 0) is 0 Å². The van der Waals surface area contributed by atoms with Gasteiger partial charge in [0.15, 0.2) is 5.75 Å². The van der Waals surface area contributed by atoms with E-state index in [0.717, 1.165) is 0 Å². The van der Waals surface area contributed by atoms with E-state index in [-0.39, 0.29) is 18.0 Å². The van der Waals surface area contributed by atoms with Gasteiger partial charge >= 0.3 is 18.0 Å². The van der Waals surface area contributed by atoms with Gasteiger partial charge in [0.25, 0.3) is 0 Å². The first kappa shape index (κ1) is 13.7. The van der Waals surface area contributed by atoms with Crippen LogP contribution < -0.4 is 24.7 Å². The van der Waals surface area contributed by atoms with Crippen molar-refractivity contribution in [3.8, 4) is 29.5 Å². The topological polar surface area (TPSA) is 102 Å². The average molecular weight is 278 g/mol. The van der Waals surface area contributed by atoms with Crippen LogP contribution in [0, 0.1) is 0 Å². The lowest BCUT2D eigenvalue weighted by Crippen LogP contribution is -2.02. The summed E-state index contributed by atoms with van der Waals surface area (Å²) in [6.45, 7) is 0. The molecule has 1 heterocycles. The van der Waals surface area contributed by atoms with Gasteiger partial charge in [-0.3, -0.25) is 0 Å². The summed E-state index contributed by atoms with van der Waals surface area (Å²) in [4.78, 5) is 11.8. The molecule has 0 aliphatic heterocycles. The second-order valence-electron chi connectivity index (χ2n) is 3.60. The molecule has 0 spiro atoms. The molecule has 2 rings (SSSR count). The van der Waals surface area contributed by atoms with Gasteiger partial charge in [0.05, 0.1) is 27.0 Å². The van der Waals surface area contributed by atoms with E-state index >= 15 is 0 Å². The minimum atomic E-state index is 0.00801. The number of methoxy groups -OCH3 is 3. The molecule has 0 saturated heterocycles. The number of rotatable bonds is 5. The summed E-state index contributed by atoms with van der Waals surface area (Å²) in [6, 6.07) is 5.16. The van der Waals surface area contributed by atoms with E-state index in [0.29, 0.717) is 17.2 Å². The van der Waals surface area contributed by atoms with Crippen LogP contribution in [-0.4, -0.2) is 36.3 Å². The highest BCUT2D eigenvalue weighted by Gasteiger charge is 2.11. The summed E-state index contributed by atoms with van der Waals surface area (Å²) >= 11 is 0. The van der Waals surface area contributed by atoms with Crippen LogP contribution >= 0.6 is 0 Å². The molecule has 0 saturated carbocycles. The van der Waals surface area contributed by atoms with Crippen molar-refractivity contribution >= 4 is 5.69 Å². The van der Waals surface area contributed by atoms with Crippen molar-refractivity contribution in [3.05, 3.63) is 18.2 Å². The normalized spacial score (nSPS) is 9.95. The number of hydrogen-bond acceptors (Lipinski definition) is 8. The third-order valence-electron chi connectivity index (χ3n) is 2.36. The van der Waals surface area contributed by atoms with Crippen LogP contribution in [0.1, 0.15) is 0 Å². The van der Waals surface area contributed by atoms with E-state index in [2.05, 4.69) is 15.0 Å². The largest absolute Gasteiger partial charge is 0.497 e. The fourth-order valence-electron chi connectivity index (χ4n) is 1.38. The lowest BCUT2D eigenvalue weighted by molar-refractivity contribution is 0.320. The van der Waals surface area contributed by atoms with Gasteiger partial charge in [0, 0.05) is 6.07 Å². The smallest absolute Gasteiger partial charge is 0.331 e. The van der Waals surface area contributed by atoms with Crippen LogP contribution in [0.3, 0.4) is 0 Å². The highest BCUT2D eigenvalue weighted by molar-refractivity contribution is 5.56. The Labute approximate surface area is 115 Å². The first-order valence-corrected chi connectivity index (χ1v) is 5.61. The summed E-state index contributed by atoms with van der Waals surface area (Å²) < 4.78 is 20.5. The number of hydrogen-bond donors (Lipinski definition) is 1. The van der Waals surface area contributed by atoms with E-state index in [4.69, 9.17) is 24.7 Å². The molecular weight excluding hydrogens is 264 g/mol. The standard InChI is InChI=1S/C12H14N4O4/c1-17-7-4-5-8(13)9(6-7)20-12-15-10(18-2)14-11(16-12)19-3/h4-6H,13H2,1-3H3. The zero-order valence-electron chi connectivity index (χ0n) is 11.3. The zero-order valence-corrected chi connectivity index (χ0v) is 11.3. The van der Waals surface area contributed by atoms with Crippen molar-refractivity contribution in [2.75, 3.05) is 27.1 Å². The van der Waals surface area contributed by atoms with Gasteiger partial charge in [-0.25, -0.2) is 0 Å². The quantitative estimate of drug-likeness (QED) is 0.816. The molecule has 1 aromatic heterocycles. The second-order valence-corrected chi connectivity index (χ2v) is 3.60. The van der Waals surface area contributed by atoms with Crippen molar-refractivity contribution in [1.82, 2.24) is 15.0 Å². The number of ether oxygens (including phenoxy) is 4. The third-order valence-corrected chi connectivity index (χ3v) is 2.36. The number of nitrogens with zero attached hydrogens (tertiary/aromatic N) is 3. The van der Waals surface area contributed by atoms with Crippen LogP contribution in [0.15, 0.2) is 18.2 Å². The number of nitrogen functional groups attached to an aromatic ring is 1. The fourth-order valence-corrected chi connectivity index (χ4v) is 1.38. The molecule has 0 aliphatic carbocycles. The van der Waals surface area contributed by atoms with Crippen molar-refractivity contribution in [3.63, 3.8) is 0 Å². The Hall–Kier alpha value is -2.77. The SMILES string of the molecule is COc1ccc(N)c(Oc2nc(OC)nc(OC)n2)c1. The molecule has 0 amide bonds. The maximum absolute atomic E-state index is 5.82. The molecule has 106 valence electrons. The number of nitrogens with two attached hydrogens (primary N) is 1. The Morgan fingerprint density at radius 1 is 0.850 bits per heavy atom. The number of benzene rings is 1. The predicted octanol–water partition coefficient (Wildman–Crippen LogP) is 1.27. The predicted molar refractivity (Wildman–Crippen MR) is 70.4 cm³/mol. The monoisotopic (exact) mass is 278 g/mol. The van der Waals surface area contributed by atoms with Crippen molar-refractivity contribution < 1.29 is 18.9 Å². The van der Waals surface area contributed by atoms with Gasteiger partial charge in [-0.1, -0.05) is 0 Å². The summed E-state index contributed by atoms with van der Waals surface area (Å²) in [5.41, 5.74) is 6.24. The van der Waals surface area contributed by atoms with Gasteiger partial charge in [-0.15, -0.1) is 15.0 Å². The maximum atomic E-state index is 5.82. The van der Waals surface area contributed by atoms with E-state index in [1.807, 2.05) is 0 Å². The van der Waals surface area contributed by atoms with Gasteiger partial charge in [-0.2, -0.15) is 0 Å². The van der Waals surface area contributed by atoms with Gasteiger partial charge in [-0.05, 0) is 12.1 Å². The van der Waals surface area contributed by atoms with E-state index in [1.54, 1.807) is 25.3 Å². The van der Waals surface area contributed by atoms with E-state index in [1.165, 1.54) is 14.2 Å². The summed E-state index contributed by atoms with van der Waals surface area (Å²) in [5.74, 6) is 0.960. The molecule has 8 heteroatoms. The molecular formula is C12H14N4O4. The van der Waals surface area contributed by atoms with Crippen molar-refractivity contribution in [1.29, 1.82) is 0 Å². The lowest BCUT2D eigenvalue weighted by atomic mass is 10.3. The molecule has 2 aromatic rings. The number of aromatic nitrogens is 3. The van der Waals surface area contributed by atoms with E-state index < -0.39 is 0 Å². The Morgan fingerprint density at radius 3 is 2.00 bits per heavy atom. The Balaban J connectivity index is 2.33. The van der Waals surface area contributed by atoms with Crippen molar-refractivity contribution in [2.45, 2.75) is 0 Å². The summed E-state index contributed by atoms with van der Waals surface area (Å²) in [7, 11) is 4.40. The molecule has 0 unspecified atom stereocenters. The van der Waals surface area contributed by atoms with Crippen LogP contribution in [0.25, 0.3) is 0 Å². The summed E-state index contributed by atoms with van der Waals surface area (Å²) in [6.07, 6.45) is 0. The molecule has 0 fully saturated rings. The average Bonchev–Trinajstić information content (AvgIpc) is 2.49. The van der Waals surface area contributed by atoms with Crippen LogP contribution in [0.5, 0.6) is 29.5 Å². The first-order valence-electron chi connectivity index (χ1n) is 5.61. The lowest BCUT2D eigenvalue weighted by Gasteiger charge is -2.09. The highest BCUT2D eigenvalue weighted by atomic mass is 16.5. The zero-order chi connectivity index (χ0) is 14.5. The molecule has 0 atom stereocenters.